The predicted octanol–water partition coefficient (Wildman–Crippen LogP) is 0.759. The first kappa shape index (κ1) is 34.3. The number of amides is 2. The van der Waals surface area contributed by atoms with Crippen molar-refractivity contribution in [2.24, 2.45) is 0 Å². The summed E-state index contributed by atoms with van der Waals surface area (Å²) >= 11 is 0. The van der Waals surface area contributed by atoms with Gasteiger partial charge in [0, 0.05) is 0 Å². The molecule has 0 fully saturated rings. The van der Waals surface area contributed by atoms with Gasteiger partial charge in [-0.1, -0.05) is 0 Å². The molecular weight excluding hydrogens is 524 g/mol. The Balaban J connectivity index is 5.47. The topological polar surface area (TPSA) is 182 Å². The summed E-state index contributed by atoms with van der Waals surface area (Å²) in [6.45, 7) is 8.82. The highest BCUT2D eigenvalue weighted by atomic mass is 32.2. The number of carbonyl (C=O) groups is 2. The summed E-state index contributed by atoms with van der Waals surface area (Å²) in [5.41, 5.74) is -1.63. The average Bonchev–Trinajstić information content (AvgIpc) is 2.60. The molecule has 2 atom stereocenters. The summed E-state index contributed by atoms with van der Waals surface area (Å²) in [7, 11) is -7.32. The van der Waals surface area contributed by atoms with Crippen LogP contribution in [0, 0.1) is 0 Å². The van der Waals surface area contributed by atoms with Crippen LogP contribution in [-0.2, 0) is 47.5 Å². The highest BCUT2D eigenvalue weighted by Gasteiger charge is 2.29. The van der Waals surface area contributed by atoms with Crippen LogP contribution < -0.4 is 10.6 Å². The standard InChI is InChI=1S/C20H40N2O12S2/c1-19(2,3)33-17(23)21-15(13-29-9-11-31-35(7,25)26)16(22-18(24)34-20(4,5)6)14-30-10-12-32-36(8,27)28/h15-16H,9-14H2,1-8H3,(H,21,23)(H,22,24)/t15-,16-/m1/s1. The lowest BCUT2D eigenvalue weighted by Crippen LogP contribution is -2.57. The first-order chi connectivity index (χ1) is 16.2. The van der Waals surface area contributed by atoms with Crippen LogP contribution in [-0.4, -0.2) is 104 Å². The van der Waals surface area contributed by atoms with Crippen molar-refractivity contribution < 1.29 is 53.7 Å². The summed E-state index contributed by atoms with van der Waals surface area (Å²) in [5.74, 6) is 0. The van der Waals surface area contributed by atoms with Crippen LogP contribution in [0.15, 0.2) is 0 Å². The van der Waals surface area contributed by atoms with Crippen LogP contribution in [0.2, 0.25) is 0 Å². The molecule has 0 unspecified atom stereocenters. The third-order valence-electron chi connectivity index (χ3n) is 3.53. The Labute approximate surface area is 213 Å². The number of hydrogen-bond donors (Lipinski definition) is 2. The van der Waals surface area contributed by atoms with Gasteiger partial charge in [0.2, 0.25) is 0 Å². The number of nitrogens with one attached hydrogen (secondary N) is 2. The largest absolute Gasteiger partial charge is 0.444 e. The molecule has 0 aliphatic rings. The Bertz CT molecular complexity index is 819. The number of ether oxygens (including phenoxy) is 4. The van der Waals surface area contributed by atoms with E-state index in [1.165, 1.54) is 0 Å². The molecule has 0 heterocycles. The minimum atomic E-state index is -3.66. The minimum absolute atomic E-state index is 0.137. The van der Waals surface area contributed by atoms with Crippen LogP contribution in [0.5, 0.6) is 0 Å². The van der Waals surface area contributed by atoms with Gasteiger partial charge in [-0.15, -0.1) is 0 Å². The van der Waals surface area contributed by atoms with Crippen molar-refractivity contribution in [3.05, 3.63) is 0 Å². The summed E-state index contributed by atoms with van der Waals surface area (Å²) in [6, 6.07) is -1.86. The smallest absolute Gasteiger partial charge is 0.408 e. The van der Waals surface area contributed by atoms with Gasteiger partial charge in [0.1, 0.15) is 11.2 Å². The van der Waals surface area contributed by atoms with E-state index in [0.717, 1.165) is 12.5 Å². The lowest BCUT2D eigenvalue weighted by Gasteiger charge is -2.30. The molecule has 0 spiro atoms. The Morgan fingerprint density at radius 1 is 0.639 bits per heavy atom. The lowest BCUT2D eigenvalue weighted by atomic mass is 10.1. The number of carbonyl (C=O) groups excluding carboxylic acids is 2. The van der Waals surface area contributed by atoms with Crippen LogP contribution in [0.25, 0.3) is 0 Å². The summed E-state index contributed by atoms with van der Waals surface area (Å²) < 4.78 is 75.1. The van der Waals surface area contributed by atoms with Crippen molar-refractivity contribution in [2.45, 2.75) is 64.8 Å². The Morgan fingerprint density at radius 2 is 0.944 bits per heavy atom. The van der Waals surface area contributed by atoms with Gasteiger partial charge >= 0.3 is 12.2 Å². The quantitative estimate of drug-likeness (QED) is 0.211. The molecule has 0 saturated heterocycles. The number of rotatable bonds is 15. The predicted molar refractivity (Wildman–Crippen MR) is 130 cm³/mol. The van der Waals surface area contributed by atoms with Crippen molar-refractivity contribution in [2.75, 3.05) is 52.2 Å². The van der Waals surface area contributed by atoms with Crippen molar-refractivity contribution >= 4 is 32.4 Å². The molecular formula is C20H40N2O12S2. The molecule has 214 valence electrons. The van der Waals surface area contributed by atoms with Gasteiger partial charge in [-0.2, -0.15) is 16.8 Å². The molecule has 0 radical (unpaired) electrons. The zero-order chi connectivity index (χ0) is 28.2. The van der Waals surface area contributed by atoms with Crippen LogP contribution in [0.4, 0.5) is 9.59 Å². The van der Waals surface area contributed by atoms with E-state index >= 15 is 0 Å². The average molecular weight is 565 g/mol. The van der Waals surface area contributed by atoms with Crippen LogP contribution in [0.3, 0.4) is 0 Å². The third-order valence-corrected chi connectivity index (χ3v) is 4.72. The fourth-order valence-electron chi connectivity index (χ4n) is 2.34. The Hall–Kier alpha value is -1.72. The summed E-state index contributed by atoms with van der Waals surface area (Å²) in [4.78, 5) is 24.9. The number of alkyl carbamates (subject to hydrolysis) is 2. The van der Waals surface area contributed by atoms with E-state index in [2.05, 4.69) is 19.0 Å². The van der Waals surface area contributed by atoms with Crippen LogP contribution in [0.1, 0.15) is 41.5 Å². The molecule has 0 bridgehead atoms. The SMILES string of the molecule is CC(C)(C)OC(=O)N[C@H](COCCOS(C)(=O)=O)[C@@H](COCCOS(C)(=O)=O)NC(=O)OC(C)(C)C. The highest BCUT2D eigenvalue weighted by molar-refractivity contribution is 7.86. The van der Waals surface area contributed by atoms with E-state index in [0.29, 0.717) is 0 Å². The van der Waals surface area contributed by atoms with Crippen molar-refractivity contribution in [1.29, 1.82) is 0 Å². The molecule has 36 heavy (non-hydrogen) atoms. The molecule has 2 N–H and O–H groups in total. The van der Waals surface area contributed by atoms with E-state index in [-0.39, 0.29) is 39.6 Å². The second kappa shape index (κ2) is 14.9. The molecule has 0 saturated carbocycles. The second-order valence-electron chi connectivity index (χ2n) is 9.71. The van der Waals surface area contributed by atoms with Gasteiger partial charge in [-0.05, 0) is 41.5 Å². The fourth-order valence-corrected chi connectivity index (χ4v) is 3.09. The van der Waals surface area contributed by atoms with Gasteiger partial charge < -0.3 is 29.6 Å². The molecule has 0 aliphatic heterocycles. The summed E-state index contributed by atoms with van der Waals surface area (Å²) in [5, 5.41) is 5.18. The monoisotopic (exact) mass is 564 g/mol. The molecule has 16 heteroatoms. The Morgan fingerprint density at radius 3 is 1.19 bits per heavy atom. The lowest BCUT2D eigenvalue weighted by molar-refractivity contribution is 0.0179. The Kier molecular flexibility index (Phi) is 14.2. The van der Waals surface area contributed by atoms with Crippen molar-refractivity contribution in [1.82, 2.24) is 10.6 Å². The van der Waals surface area contributed by atoms with E-state index in [9.17, 15) is 26.4 Å². The second-order valence-corrected chi connectivity index (χ2v) is 13.0. The maximum atomic E-state index is 12.4. The van der Waals surface area contributed by atoms with E-state index in [1.54, 1.807) is 41.5 Å². The van der Waals surface area contributed by atoms with Gasteiger partial charge in [0.25, 0.3) is 20.2 Å². The molecule has 14 nitrogen and oxygen atoms in total. The van der Waals surface area contributed by atoms with Gasteiger partial charge in [-0.3, -0.25) is 8.37 Å². The number of hydrogen-bond acceptors (Lipinski definition) is 12. The van der Waals surface area contributed by atoms with Crippen molar-refractivity contribution in [3.8, 4) is 0 Å². The maximum absolute atomic E-state index is 12.4. The van der Waals surface area contributed by atoms with Gasteiger partial charge in [0.15, 0.2) is 0 Å². The first-order valence-corrected chi connectivity index (χ1v) is 14.6. The highest BCUT2D eigenvalue weighted by Crippen LogP contribution is 2.10. The van der Waals surface area contributed by atoms with Gasteiger partial charge in [0.05, 0.1) is 64.2 Å². The molecule has 0 aromatic heterocycles. The van der Waals surface area contributed by atoms with Crippen LogP contribution >= 0.6 is 0 Å². The zero-order valence-corrected chi connectivity index (χ0v) is 23.7. The van der Waals surface area contributed by atoms with E-state index in [1.807, 2.05) is 0 Å². The van der Waals surface area contributed by atoms with Crippen molar-refractivity contribution in [3.63, 3.8) is 0 Å². The first-order valence-electron chi connectivity index (χ1n) is 11.0. The molecule has 2 amide bonds. The van der Waals surface area contributed by atoms with E-state index < -0.39 is 55.7 Å². The molecule has 0 aliphatic carbocycles. The summed E-state index contributed by atoms with van der Waals surface area (Å²) in [6.07, 6.45) is 0.177. The zero-order valence-electron chi connectivity index (χ0n) is 22.1. The third kappa shape index (κ3) is 21.6. The maximum Gasteiger partial charge on any atom is 0.408 e. The fraction of sp³-hybridized carbons (Fsp3) is 0.900. The van der Waals surface area contributed by atoms with Gasteiger partial charge in [-0.25, -0.2) is 9.59 Å². The minimum Gasteiger partial charge on any atom is -0.444 e. The molecule has 0 rings (SSSR count). The molecule has 0 aromatic carbocycles. The molecule has 0 aromatic rings. The normalized spacial score (nSPS) is 14.6. The van der Waals surface area contributed by atoms with E-state index in [4.69, 9.17) is 18.9 Å².